The third kappa shape index (κ3) is 4.56. The van der Waals surface area contributed by atoms with Gasteiger partial charge in [-0.15, -0.1) is 0 Å². The van der Waals surface area contributed by atoms with Crippen LogP contribution in [0.15, 0.2) is 16.5 Å². The molecule has 1 N–H and O–H groups in total. The minimum absolute atomic E-state index is 0.370. The predicted molar refractivity (Wildman–Crippen MR) is 84.5 cm³/mol. The summed E-state index contributed by atoms with van der Waals surface area (Å²) >= 11 is 3.76. The number of rotatable bonds is 9. The first kappa shape index (κ1) is 16.0. The second-order valence-corrected chi connectivity index (χ2v) is 6.64. The van der Waals surface area contributed by atoms with Gasteiger partial charge in [-0.1, -0.05) is 13.8 Å². The standard InChI is InChI=1S/C14H25NOS2/c1-5-14(6-2,18-4)11-15-9-12-7-8-13(16-12)10-17-3/h7-8,15H,5-6,9-11H2,1-4H3. The van der Waals surface area contributed by atoms with E-state index < -0.39 is 0 Å². The molecule has 0 bridgehead atoms. The van der Waals surface area contributed by atoms with Crippen molar-refractivity contribution in [2.24, 2.45) is 0 Å². The van der Waals surface area contributed by atoms with Crippen molar-refractivity contribution < 1.29 is 4.42 Å². The summed E-state index contributed by atoms with van der Waals surface area (Å²) in [4.78, 5) is 0. The zero-order chi connectivity index (χ0) is 13.4. The van der Waals surface area contributed by atoms with Crippen molar-refractivity contribution in [2.45, 2.75) is 43.7 Å². The van der Waals surface area contributed by atoms with E-state index in [2.05, 4.69) is 43.8 Å². The fourth-order valence-corrected chi connectivity index (χ4v) is 3.27. The molecule has 0 fully saturated rings. The van der Waals surface area contributed by atoms with Crippen LogP contribution in [0.5, 0.6) is 0 Å². The molecule has 0 aliphatic rings. The zero-order valence-electron chi connectivity index (χ0n) is 11.9. The SMILES string of the molecule is CCC(CC)(CNCc1ccc(CSC)o1)SC. The van der Waals surface area contributed by atoms with Crippen LogP contribution in [0, 0.1) is 0 Å². The first-order valence-electron chi connectivity index (χ1n) is 6.52. The monoisotopic (exact) mass is 287 g/mol. The molecule has 0 atom stereocenters. The van der Waals surface area contributed by atoms with Crippen LogP contribution in [-0.2, 0) is 12.3 Å². The first-order chi connectivity index (χ1) is 8.69. The molecule has 0 unspecified atom stereocenters. The molecule has 0 aromatic carbocycles. The van der Waals surface area contributed by atoms with Gasteiger partial charge in [0.1, 0.15) is 11.5 Å². The molecule has 1 heterocycles. The van der Waals surface area contributed by atoms with Gasteiger partial charge in [0.25, 0.3) is 0 Å². The van der Waals surface area contributed by atoms with Crippen LogP contribution in [0.3, 0.4) is 0 Å². The number of nitrogens with one attached hydrogen (secondary N) is 1. The summed E-state index contributed by atoms with van der Waals surface area (Å²) in [6.07, 6.45) is 6.70. The number of hydrogen-bond acceptors (Lipinski definition) is 4. The maximum atomic E-state index is 5.75. The summed E-state index contributed by atoms with van der Waals surface area (Å²) in [5, 5.41) is 3.53. The molecule has 4 heteroatoms. The second kappa shape index (κ2) is 8.18. The van der Waals surface area contributed by atoms with Crippen LogP contribution in [-0.4, -0.2) is 23.8 Å². The highest BCUT2D eigenvalue weighted by Crippen LogP contribution is 2.29. The Morgan fingerprint density at radius 1 is 1.17 bits per heavy atom. The predicted octanol–water partition coefficient (Wildman–Crippen LogP) is 4.15. The maximum absolute atomic E-state index is 5.75. The van der Waals surface area contributed by atoms with E-state index in [-0.39, 0.29) is 0 Å². The van der Waals surface area contributed by atoms with Crippen LogP contribution >= 0.6 is 23.5 Å². The highest BCUT2D eigenvalue weighted by Gasteiger charge is 2.24. The Morgan fingerprint density at radius 2 is 1.83 bits per heavy atom. The van der Waals surface area contributed by atoms with Gasteiger partial charge in [0.2, 0.25) is 0 Å². The highest BCUT2D eigenvalue weighted by atomic mass is 32.2. The maximum Gasteiger partial charge on any atom is 0.118 e. The molecule has 0 aliphatic carbocycles. The number of thioether (sulfide) groups is 2. The van der Waals surface area contributed by atoms with Gasteiger partial charge in [0, 0.05) is 11.3 Å². The largest absolute Gasteiger partial charge is 0.464 e. The molecule has 0 saturated heterocycles. The average molecular weight is 287 g/mol. The molecule has 2 nitrogen and oxygen atoms in total. The second-order valence-electron chi connectivity index (χ2n) is 4.50. The summed E-state index contributed by atoms with van der Waals surface area (Å²) in [5.74, 6) is 3.07. The number of hydrogen-bond donors (Lipinski definition) is 1. The molecule has 104 valence electrons. The van der Waals surface area contributed by atoms with E-state index in [4.69, 9.17) is 4.42 Å². The lowest BCUT2D eigenvalue weighted by atomic mass is 10.0. The van der Waals surface area contributed by atoms with E-state index in [1.807, 2.05) is 11.8 Å². The molecule has 1 aromatic rings. The first-order valence-corrected chi connectivity index (χ1v) is 9.14. The van der Waals surface area contributed by atoms with Gasteiger partial charge in [0.15, 0.2) is 0 Å². The van der Waals surface area contributed by atoms with Gasteiger partial charge < -0.3 is 9.73 Å². The molecule has 1 aromatic heterocycles. The van der Waals surface area contributed by atoms with Gasteiger partial charge >= 0.3 is 0 Å². The fraction of sp³-hybridized carbons (Fsp3) is 0.714. The lowest BCUT2D eigenvalue weighted by Gasteiger charge is -2.29. The Morgan fingerprint density at radius 3 is 2.39 bits per heavy atom. The molecule has 18 heavy (non-hydrogen) atoms. The molecule has 0 aliphatic heterocycles. The van der Waals surface area contributed by atoms with Gasteiger partial charge in [-0.3, -0.25) is 0 Å². The van der Waals surface area contributed by atoms with Crippen LogP contribution in [0.2, 0.25) is 0 Å². The van der Waals surface area contributed by atoms with Crippen LogP contribution < -0.4 is 5.32 Å². The Bertz CT molecular complexity index is 326. The van der Waals surface area contributed by atoms with E-state index in [0.29, 0.717) is 4.75 Å². The molecule has 0 saturated carbocycles. The summed E-state index contributed by atoms with van der Waals surface area (Å²) in [6, 6.07) is 4.16. The van der Waals surface area contributed by atoms with E-state index in [1.165, 1.54) is 12.8 Å². The van der Waals surface area contributed by atoms with Crippen LogP contribution in [0.25, 0.3) is 0 Å². The highest BCUT2D eigenvalue weighted by molar-refractivity contribution is 8.00. The van der Waals surface area contributed by atoms with E-state index in [1.54, 1.807) is 11.8 Å². The van der Waals surface area contributed by atoms with Crippen molar-refractivity contribution in [2.75, 3.05) is 19.1 Å². The normalized spacial score (nSPS) is 12.0. The third-order valence-corrected chi connectivity index (χ3v) is 5.63. The quantitative estimate of drug-likeness (QED) is 0.737. The molecule has 0 spiro atoms. The minimum Gasteiger partial charge on any atom is -0.464 e. The molecule has 0 amide bonds. The Kier molecular flexibility index (Phi) is 7.27. The molecule has 0 radical (unpaired) electrons. The summed E-state index contributed by atoms with van der Waals surface area (Å²) in [7, 11) is 0. The van der Waals surface area contributed by atoms with Gasteiger partial charge in [-0.05, 0) is 37.5 Å². The van der Waals surface area contributed by atoms with Crippen molar-refractivity contribution in [1.82, 2.24) is 5.32 Å². The number of furan rings is 1. The van der Waals surface area contributed by atoms with Crippen LogP contribution in [0.4, 0.5) is 0 Å². The molecular formula is C14H25NOS2. The summed E-state index contributed by atoms with van der Waals surface area (Å²) < 4.78 is 6.12. The van der Waals surface area contributed by atoms with E-state index >= 15 is 0 Å². The van der Waals surface area contributed by atoms with E-state index in [0.717, 1.165) is 30.4 Å². The smallest absolute Gasteiger partial charge is 0.118 e. The van der Waals surface area contributed by atoms with Crippen molar-refractivity contribution in [3.63, 3.8) is 0 Å². The van der Waals surface area contributed by atoms with Gasteiger partial charge in [0.05, 0.1) is 12.3 Å². The average Bonchev–Trinajstić information content (AvgIpc) is 2.84. The van der Waals surface area contributed by atoms with Gasteiger partial charge in [-0.25, -0.2) is 0 Å². The van der Waals surface area contributed by atoms with Crippen LogP contribution in [0.1, 0.15) is 38.2 Å². The molecular weight excluding hydrogens is 262 g/mol. The Balaban J connectivity index is 2.40. The van der Waals surface area contributed by atoms with Crippen molar-refractivity contribution in [3.8, 4) is 0 Å². The van der Waals surface area contributed by atoms with E-state index in [9.17, 15) is 0 Å². The molecule has 1 rings (SSSR count). The lowest BCUT2D eigenvalue weighted by molar-refractivity contribution is 0.435. The van der Waals surface area contributed by atoms with Crippen molar-refractivity contribution in [3.05, 3.63) is 23.7 Å². The summed E-state index contributed by atoms with van der Waals surface area (Å²) in [6.45, 7) is 6.41. The Hall–Kier alpha value is -0.0600. The summed E-state index contributed by atoms with van der Waals surface area (Å²) in [5.41, 5.74) is 0. The lowest BCUT2D eigenvalue weighted by Crippen LogP contribution is -2.36. The van der Waals surface area contributed by atoms with Crippen molar-refractivity contribution in [1.29, 1.82) is 0 Å². The third-order valence-electron chi connectivity index (χ3n) is 3.47. The zero-order valence-corrected chi connectivity index (χ0v) is 13.5. The fourth-order valence-electron chi connectivity index (χ4n) is 2.01. The van der Waals surface area contributed by atoms with Crippen molar-refractivity contribution >= 4 is 23.5 Å². The van der Waals surface area contributed by atoms with Gasteiger partial charge in [-0.2, -0.15) is 23.5 Å². The Labute approximate surface area is 120 Å². The topological polar surface area (TPSA) is 25.2 Å². The minimum atomic E-state index is 0.370.